The van der Waals surface area contributed by atoms with Gasteiger partial charge in [-0.2, -0.15) is 0 Å². The third kappa shape index (κ3) is 3.46. The van der Waals surface area contributed by atoms with Crippen molar-refractivity contribution in [2.75, 3.05) is 25.5 Å². The number of esters is 1. The average Bonchev–Trinajstić information content (AvgIpc) is 2.49. The predicted molar refractivity (Wildman–Crippen MR) is 71.7 cm³/mol. The van der Waals surface area contributed by atoms with Crippen LogP contribution in [0.25, 0.3) is 0 Å². The van der Waals surface area contributed by atoms with E-state index in [0.29, 0.717) is 18.8 Å². The lowest BCUT2D eigenvalue weighted by molar-refractivity contribution is -0.146. The van der Waals surface area contributed by atoms with Crippen molar-refractivity contribution in [1.82, 2.24) is 4.90 Å². The number of urea groups is 1. The number of halogens is 1. The number of rotatable bonds is 2. The molecule has 108 valence electrons. The molecule has 20 heavy (non-hydrogen) atoms. The summed E-state index contributed by atoms with van der Waals surface area (Å²) in [5, 5.41) is 2.68. The van der Waals surface area contributed by atoms with E-state index in [9.17, 15) is 14.0 Å². The Hall–Kier alpha value is -2.11. The van der Waals surface area contributed by atoms with Gasteiger partial charge in [-0.05, 0) is 37.1 Å². The first-order valence-electron chi connectivity index (χ1n) is 6.49. The number of hydrogen-bond acceptors (Lipinski definition) is 3. The maximum Gasteiger partial charge on any atom is 0.321 e. The third-order valence-corrected chi connectivity index (χ3v) is 3.34. The van der Waals surface area contributed by atoms with E-state index >= 15 is 0 Å². The van der Waals surface area contributed by atoms with Gasteiger partial charge in [0.25, 0.3) is 0 Å². The molecule has 1 N–H and O–H groups in total. The minimum absolute atomic E-state index is 0.271. The zero-order valence-corrected chi connectivity index (χ0v) is 11.3. The molecule has 1 saturated heterocycles. The molecule has 1 fully saturated rings. The van der Waals surface area contributed by atoms with Gasteiger partial charge in [-0.3, -0.25) is 4.79 Å². The molecule has 2 rings (SSSR count). The minimum atomic E-state index is -0.355. The Kier molecular flexibility index (Phi) is 4.55. The molecule has 2 amide bonds. The second-order valence-electron chi connectivity index (χ2n) is 4.75. The molecule has 1 aromatic rings. The van der Waals surface area contributed by atoms with Gasteiger partial charge in [0.15, 0.2) is 0 Å². The molecule has 0 bridgehead atoms. The summed E-state index contributed by atoms with van der Waals surface area (Å²) in [6.45, 7) is 0.945. The Morgan fingerprint density at radius 3 is 2.70 bits per heavy atom. The third-order valence-electron chi connectivity index (χ3n) is 3.34. The van der Waals surface area contributed by atoms with Crippen LogP contribution in [0.2, 0.25) is 0 Å². The maximum atomic E-state index is 12.8. The number of amides is 2. The van der Waals surface area contributed by atoms with Gasteiger partial charge in [0.1, 0.15) is 5.82 Å². The Labute approximate surface area is 116 Å². The zero-order chi connectivity index (χ0) is 14.5. The van der Waals surface area contributed by atoms with Crippen LogP contribution in [-0.4, -0.2) is 37.1 Å². The molecule has 5 nitrogen and oxygen atoms in total. The van der Waals surface area contributed by atoms with Crippen LogP contribution in [-0.2, 0) is 9.53 Å². The number of carbonyl (C=O) groups is 2. The number of ether oxygens (including phenoxy) is 1. The van der Waals surface area contributed by atoms with E-state index in [2.05, 4.69) is 5.32 Å². The fourth-order valence-corrected chi connectivity index (χ4v) is 2.26. The number of hydrogen-bond donors (Lipinski definition) is 1. The quantitative estimate of drug-likeness (QED) is 0.845. The summed E-state index contributed by atoms with van der Waals surface area (Å²) in [6, 6.07) is 5.26. The van der Waals surface area contributed by atoms with Crippen molar-refractivity contribution in [3.05, 3.63) is 30.1 Å². The monoisotopic (exact) mass is 280 g/mol. The van der Waals surface area contributed by atoms with Gasteiger partial charge in [-0.15, -0.1) is 0 Å². The van der Waals surface area contributed by atoms with E-state index in [1.54, 1.807) is 4.90 Å². The van der Waals surface area contributed by atoms with Crippen molar-refractivity contribution in [2.24, 2.45) is 5.92 Å². The molecule has 0 aliphatic carbocycles. The summed E-state index contributed by atoms with van der Waals surface area (Å²) in [5.41, 5.74) is 0.525. The first-order valence-corrected chi connectivity index (χ1v) is 6.49. The highest BCUT2D eigenvalue weighted by Crippen LogP contribution is 2.19. The van der Waals surface area contributed by atoms with Crippen LogP contribution in [0.3, 0.4) is 0 Å². The zero-order valence-electron chi connectivity index (χ0n) is 11.3. The Balaban J connectivity index is 1.95. The number of anilines is 1. The van der Waals surface area contributed by atoms with E-state index in [4.69, 9.17) is 4.74 Å². The molecule has 1 heterocycles. The number of nitrogens with one attached hydrogen (secondary N) is 1. The van der Waals surface area contributed by atoms with Crippen molar-refractivity contribution < 1.29 is 18.7 Å². The van der Waals surface area contributed by atoms with Gasteiger partial charge < -0.3 is 15.0 Å². The fourth-order valence-electron chi connectivity index (χ4n) is 2.26. The summed E-state index contributed by atoms with van der Waals surface area (Å²) < 4.78 is 17.5. The van der Waals surface area contributed by atoms with Crippen molar-refractivity contribution >= 4 is 17.7 Å². The van der Waals surface area contributed by atoms with E-state index in [-0.39, 0.29) is 23.7 Å². The normalized spacial score (nSPS) is 18.5. The smallest absolute Gasteiger partial charge is 0.321 e. The second-order valence-corrected chi connectivity index (χ2v) is 4.75. The molecule has 0 aromatic heterocycles. The summed E-state index contributed by atoms with van der Waals surface area (Å²) >= 11 is 0. The number of benzene rings is 1. The molecule has 0 saturated carbocycles. The summed E-state index contributed by atoms with van der Waals surface area (Å²) in [5.74, 6) is -0.913. The molecule has 0 spiro atoms. The largest absolute Gasteiger partial charge is 0.469 e. The summed E-state index contributed by atoms with van der Waals surface area (Å²) in [4.78, 5) is 25.2. The highest BCUT2D eigenvalue weighted by atomic mass is 19.1. The molecular weight excluding hydrogens is 263 g/mol. The number of carbonyl (C=O) groups excluding carboxylic acids is 2. The SMILES string of the molecule is COC(=O)[C@H]1CCCN(C(=O)Nc2ccc(F)cc2)C1. The molecule has 1 aliphatic rings. The molecular formula is C14H17FN2O3. The molecule has 0 unspecified atom stereocenters. The van der Waals surface area contributed by atoms with Crippen LogP contribution >= 0.6 is 0 Å². The standard InChI is InChI=1S/C14H17FN2O3/c1-20-13(18)10-3-2-8-17(9-10)14(19)16-12-6-4-11(15)5-7-12/h4-7,10H,2-3,8-9H2,1H3,(H,16,19)/t10-/m0/s1. The lowest BCUT2D eigenvalue weighted by atomic mass is 9.98. The summed E-state index contributed by atoms with van der Waals surface area (Å²) in [7, 11) is 1.35. The first-order chi connectivity index (χ1) is 9.60. The Morgan fingerprint density at radius 2 is 2.05 bits per heavy atom. The second kappa shape index (κ2) is 6.36. The fraction of sp³-hybridized carbons (Fsp3) is 0.429. The highest BCUT2D eigenvalue weighted by Gasteiger charge is 2.28. The molecule has 0 radical (unpaired) electrons. The van der Waals surface area contributed by atoms with Gasteiger partial charge >= 0.3 is 12.0 Å². The number of nitrogens with zero attached hydrogens (tertiary/aromatic N) is 1. The van der Waals surface area contributed by atoms with Crippen molar-refractivity contribution in [3.63, 3.8) is 0 Å². The minimum Gasteiger partial charge on any atom is -0.469 e. The van der Waals surface area contributed by atoms with Gasteiger partial charge in [-0.25, -0.2) is 9.18 Å². The van der Waals surface area contributed by atoms with Gasteiger partial charge in [0.05, 0.1) is 13.0 Å². The highest BCUT2D eigenvalue weighted by molar-refractivity contribution is 5.89. The van der Waals surface area contributed by atoms with Crippen LogP contribution in [0, 0.1) is 11.7 Å². The first kappa shape index (κ1) is 14.3. The van der Waals surface area contributed by atoms with Crippen molar-refractivity contribution in [2.45, 2.75) is 12.8 Å². The van der Waals surface area contributed by atoms with Crippen LogP contribution in [0.1, 0.15) is 12.8 Å². The average molecular weight is 280 g/mol. The van der Waals surface area contributed by atoms with Gasteiger partial charge in [0.2, 0.25) is 0 Å². The van der Waals surface area contributed by atoms with Crippen LogP contribution < -0.4 is 5.32 Å². The van der Waals surface area contributed by atoms with Crippen molar-refractivity contribution in [1.29, 1.82) is 0 Å². The number of likely N-dealkylation sites (tertiary alicyclic amines) is 1. The van der Waals surface area contributed by atoms with E-state index in [0.717, 1.165) is 12.8 Å². The van der Waals surface area contributed by atoms with Crippen LogP contribution in [0.4, 0.5) is 14.9 Å². The Morgan fingerprint density at radius 1 is 1.35 bits per heavy atom. The molecule has 1 atom stereocenters. The number of piperidine rings is 1. The van der Waals surface area contributed by atoms with E-state index in [1.807, 2.05) is 0 Å². The van der Waals surface area contributed by atoms with Crippen LogP contribution in [0.15, 0.2) is 24.3 Å². The lowest BCUT2D eigenvalue weighted by Gasteiger charge is -2.31. The topological polar surface area (TPSA) is 58.6 Å². The molecule has 6 heteroatoms. The van der Waals surface area contributed by atoms with Gasteiger partial charge in [-0.1, -0.05) is 0 Å². The van der Waals surface area contributed by atoms with E-state index in [1.165, 1.54) is 31.4 Å². The molecule has 1 aromatic carbocycles. The predicted octanol–water partition coefficient (Wildman–Crippen LogP) is 2.24. The van der Waals surface area contributed by atoms with Crippen molar-refractivity contribution in [3.8, 4) is 0 Å². The number of methoxy groups -OCH3 is 1. The lowest BCUT2D eigenvalue weighted by Crippen LogP contribution is -2.44. The van der Waals surface area contributed by atoms with Gasteiger partial charge in [0, 0.05) is 18.8 Å². The van der Waals surface area contributed by atoms with E-state index < -0.39 is 0 Å². The van der Waals surface area contributed by atoms with Crippen LogP contribution in [0.5, 0.6) is 0 Å². The maximum absolute atomic E-state index is 12.8. The molecule has 1 aliphatic heterocycles. The summed E-state index contributed by atoms with van der Waals surface area (Å²) in [6.07, 6.45) is 1.49. The Bertz CT molecular complexity index is 490.